The van der Waals surface area contributed by atoms with E-state index in [1.165, 1.54) is 12.8 Å². The van der Waals surface area contributed by atoms with Gasteiger partial charge >= 0.3 is 0 Å². The Morgan fingerprint density at radius 1 is 1.38 bits per heavy atom. The maximum atomic E-state index is 12.1. The minimum atomic E-state index is 0. The lowest BCUT2D eigenvalue weighted by molar-refractivity contribution is -0.122. The summed E-state index contributed by atoms with van der Waals surface area (Å²) in [5.41, 5.74) is 0.958. The average molecular weight is 369 g/mol. The number of piperidine rings is 1. The Hall–Kier alpha value is -1.44. The summed E-state index contributed by atoms with van der Waals surface area (Å²) >= 11 is 1.60. The van der Waals surface area contributed by atoms with Crippen LogP contribution in [-0.2, 0) is 11.2 Å². The molecule has 0 aliphatic carbocycles. The number of fused-ring (bicyclic) bond motifs is 2. The van der Waals surface area contributed by atoms with E-state index in [1.807, 2.05) is 16.8 Å². The summed E-state index contributed by atoms with van der Waals surface area (Å²) < 4.78 is 5.23. The number of nitrogens with one attached hydrogen (secondary N) is 2. The average Bonchev–Trinajstić information content (AvgIpc) is 3.26. The van der Waals surface area contributed by atoms with Gasteiger partial charge in [0, 0.05) is 41.9 Å². The first-order valence-corrected chi connectivity index (χ1v) is 9.11. The molecule has 24 heavy (non-hydrogen) atoms. The van der Waals surface area contributed by atoms with Crippen LogP contribution in [0.25, 0.3) is 11.4 Å². The third-order valence-corrected chi connectivity index (χ3v) is 5.33. The lowest BCUT2D eigenvalue weighted by Gasteiger charge is -2.29. The molecule has 0 spiro atoms. The standard InChI is InChI=1S/C16H20N4O2S.ClH/c21-14(18-13-7-11-1-2-12(8-13)17-11)3-4-15-19-16(20-22-15)10-5-6-23-9-10;/h5-6,9,11-13,17H,1-4,7-8H2,(H,18,21);1H. The Balaban J connectivity index is 0.00000169. The van der Waals surface area contributed by atoms with Gasteiger partial charge in [0.05, 0.1) is 0 Å². The first-order chi connectivity index (χ1) is 11.3. The largest absolute Gasteiger partial charge is 0.353 e. The normalized spacial score (nSPS) is 25.2. The molecule has 8 heteroatoms. The van der Waals surface area contributed by atoms with Gasteiger partial charge < -0.3 is 15.2 Å². The third-order valence-electron chi connectivity index (χ3n) is 4.65. The van der Waals surface area contributed by atoms with Gasteiger partial charge in [0.2, 0.25) is 17.6 Å². The first kappa shape index (κ1) is 17.4. The fourth-order valence-electron chi connectivity index (χ4n) is 3.56. The second-order valence-electron chi connectivity index (χ2n) is 6.40. The number of nitrogens with zero attached hydrogens (tertiary/aromatic N) is 2. The van der Waals surface area contributed by atoms with Crippen LogP contribution in [0.4, 0.5) is 0 Å². The SMILES string of the molecule is Cl.O=C(CCc1nc(-c2ccsc2)no1)NC1CC2CCC(C1)N2. The van der Waals surface area contributed by atoms with Crippen molar-refractivity contribution in [1.82, 2.24) is 20.8 Å². The Kier molecular flexibility index (Phi) is 5.53. The van der Waals surface area contributed by atoms with Gasteiger partial charge in [-0.15, -0.1) is 12.4 Å². The van der Waals surface area contributed by atoms with Crippen molar-refractivity contribution < 1.29 is 9.32 Å². The summed E-state index contributed by atoms with van der Waals surface area (Å²) in [6.07, 6.45) is 5.45. The molecule has 6 nitrogen and oxygen atoms in total. The minimum Gasteiger partial charge on any atom is -0.353 e. The van der Waals surface area contributed by atoms with Crippen LogP contribution in [0.5, 0.6) is 0 Å². The molecule has 2 aromatic heterocycles. The lowest BCUT2D eigenvalue weighted by Crippen LogP contribution is -2.48. The molecule has 2 saturated heterocycles. The molecule has 4 heterocycles. The van der Waals surface area contributed by atoms with Crippen LogP contribution >= 0.6 is 23.7 Å². The Bertz CT molecular complexity index is 663. The summed E-state index contributed by atoms with van der Waals surface area (Å²) in [5.74, 6) is 1.19. The molecule has 2 aliphatic rings. The molecular formula is C16H21ClN4O2S. The number of aromatic nitrogens is 2. The number of halogens is 1. The van der Waals surface area contributed by atoms with Gasteiger partial charge in [-0.3, -0.25) is 4.79 Å². The van der Waals surface area contributed by atoms with Gasteiger partial charge in [-0.1, -0.05) is 5.16 Å². The van der Waals surface area contributed by atoms with Gasteiger partial charge in [0.1, 0.15) is 0 Å². The molecule has 2 bridgehead atoms. The predicted octanol–water partition coefficient (Wildman–Crippen LogP) is 2.55. The smallest absolute Gasteiger partial charge is 0.227 e. The van der Waals surface area contributed by atoms with E-state index in [0.717, 1.165) is 18.4 Å². The summed E-state index contributed by atoms with van der Waals surface area (Å²) in [4.78, 5) is 16.5. The van der Waals surface area contributed by atoms with Crippen LogP contribution in [0, 0.1) is 0 Å². The third kappa shape index (κ3) is 3.96. The summed E-state index contributed by atoms with van der Waals surface area (Å²) in [6, 6.07) is 3.44. The van der Waals surface area contributed by atoms with E-state index in [2.05, 4.69) is 20.8 Å². The fraction of sp³-hybridized carbons (Fsp3) is 0.562. The first-order valence-electron chi connectivity index (χ1n) is 8.17. The number of hydrogen-bond donors (Lipinski definition) is 2. The number of hydrogen-bond acceptors (Lipinski definition) is 6. The molecule has 0 radical (unpaired) electrons. The molecule has 4 rings (SSSR count). The van der Waals surface area contributed by atoms with Gasteiger partial charge in [-0.25, -0.2) is 0 Å². The molecule has 0 aromatic carbocycles. The number of aryl methyl sites for hydroxylation is 1. The van der Waals surface area contributed by atoms with Crippen molar-refractivity contribution in [3.05, 3.63) is 22.7 Å². The van der Waals surface area contributed by atoms with Crippen LogP contribution in [0.1, 0.15) is 38.0 Å². The molecule has 2 N–H and O–H groups in total. The highest BCUT2D eigenvalue weighted by Gasteiger charge is 2.33. The van der Waals surface area contributed by atoms with E-state index in [4.69, 9.17) is 4.52 Å². The molecule has 2 aliphatic heterocycles. The predicted molar refractivity (Wildman–Crippen MR) is 94.3 cm³/mol. The zero-order valence-electron chi connectivity index (χ0n) is 13.2. The van der Waals surface area contributed by atoms with Crippen molar-refractivity contribution in [2.75, 3.05) is 0 Å². The highest BCUT2D eigenvalue weighted by molar-refractivity contribution is 7.08. The molecule has 2 atom stereocenters. The van der Waals surface area contributed by atoms with Crippen LogP contribution in [-0.4, -0.2) is 34.2 Å². The number of carbonyl (C=O) groups is 1. The summed E-state index contributed by atoms with van der Waals surface area (Å²) in [5, 5.41) is 14.7. The Morgan fingerprint density at radius 2 is 2.17 bits per heavy atom. The number of carbonyl (C=O) groups excluding carboxylic acids is 1. The van der Waals surface area contributed by atoms with Gasteiger partial charge in [-0.2, -0.15) is 16.3 Å². The molecule has 2 aromatic rings. The molecule has 1 amide bonds. The quantitative estimate of drug-likeness (QED) is 0.847. The molecule has 130 valence electrons. The topological polar surface area (TPSA) is 80.0 Å². The van der Waals surface area contributed by atoms with Crippen molar-refractivity contribution in [3.63, 3.8) is 0 Å². The second-order valence-corrected chi connectivity index (χ2v) is 7.18. The van der Waals surface area contributed by atoms with Crippen molar-refractivity contribution in [2.45, 2.75) is 56.7 Å². The monoisotopic (exact) mass is 368 g/mol. The number of amides is 1. The maximum absolute atomic E-state index is 12.1. The minimum absolute atomic E-state index is 0. The van der Waals surface area contributed by atoms with Crippen molar-refractivity contribution in [1.29, 1.82) is 0 Å². The van der Waals surface area contributed by atoms with E-state index in [1.54, 1.807) is 11.3 Å². The van der Waals surface area contributed by atoms with Gasteiger partial charge in [-0.05, 0) is 37.1 Å². The molecule has 2 unspecified atom stereocenters. The van der Waals surface area contributed by atoms with E-state index in [-0.39, 0.29) is 18.3 Å². The summed E-state index contributed by atoms with van der Waals surface area (Å²) in [7, 11) is 0. The van der Waals surface area contributed by atoms with Gasteiger partial charge in [0.25, 0.3) is 0 Å². The van der Waals surface area contributed by atoms with E-state index in [0.29, 0.717) is 42.7 Å². The van der Waals surface area contributed by atoms with E-state index in [9.17, 15) is 4.79 Å². The second kappa shape index (κ2) is 7.63. The highest BCUT2D eigenvalue weighted by atomic mass is 35.5. The van der Waals surface area contributed by atoms with Crippen molar-refractivity contribution >= 4 is 29.7 Å². The Labute approximate surface area is 150 Å². The van der Waals surface area contributed by atoms with Crippen LogP contribution in [0.2, 0.25) is 0 Å². The zero-order chi connectivity index (χ0) is 15.6. The number of thiophene rings is 1. The van der Waals surface area contributed by atoms with Crippen molar-refractivity contribution in [2.24, 2.45) is 0 Å². The molecule has 0 saturated carbocycles. The summed E-state index contributed by atoms with van der Waals surface area (Å²) in [6.45, 7) is 0. The fourth-order valence-corrected chi connectivity index (χ4v) is 4.20. The van der Waals surface area contributed by atoms with E-state index >= 15 is 0 Å². The van der Waals surface area contributed by atoms with Crippen LogP contribution < -0.4 is 10.6 Å². The van der Waals surface area contributed by atoms with Gasteiger partial charge in [0.15, 0.2) is 0 Å². The number of rotatable bonds is 5. The molecule has 2 fully saturated rings. The zero-order valence-corrected chi connectivity index (χ0v) is 14.9. The van der Waals surface area contributed by atoms with Crippen LogP contribution in [0.3, 0.4) is 0 Å². The highest BCUT2D eigenvalue weighted by Crippen LogP contribution is 2.26. The molecular weight excluding hydrogens is 348 g/mol. The Morgan fingerprint density at radius 3 is 2.88 bits per heavy atom. The maximum Gasteiger partial charge on any atom is 0.227 e. The van der Waals surface area contributed by atoms with Crippen molar-refractivity contribution in [3.8, 4) is 11.4 Å². The van der Waals surface area contributed by atoms with E-state index < -0.39 is 0 Å². The van der Waals surface area contributed by atoms with Crippen LogP contribution in [0.15, 0.2) is 21.3 Å². The lowest BCUT2D eigenvalue weighted by atomic mass is 9.99.